The van der Waals surface area contributed by atoms with Crippen molar-refractivity contribution < 1.29 is 14.3 Å². The Hall–Kier alpha value is -1.06. The van der Waals surface area contributed by atoms with Gasteiger partial charge in [-0.25, -0.2) is 4.79 Å². The lowest BCUT2D eigenvalue weighted by atomic mass is 9.91. The molecule has 2 unspecified atom stereocenters. The zero-order valence-corrected chi connectivity index (χ0v) is 11.2. The van der Waals surface area contributed by atoms with Crippen LogP contribution in [0.1, 0.15) is 47.0 Å². The number of piperidine rings is 1. The van der Waals surface area contributed by atoms with Gasteiger partial charge >= 0.3 is 6.09 Å². The molecule has 0 aromatic heterocycles. The normalized spacial score (nSPS) is 25.5. The average Bonchev–Trinajstić information content (AvgIpc) is 2.25. The summed E-state index contributed by atoms with van der Waals surface area (Å²) < 4.78 is 5.38. The highest BCUT2D eigenvalue weighted by atomic mass is 16.6. The molecular weight excluding hydrogens is 218 g/mol. The van der Waals surface area contributed by atoms with Crippen LogP contribution < -0.4 is 0 Å². The van der Waals surface area contributed by atoms with Crippen molar-refractivity contribution in [3.63, 3.8) is 0 Å². The van der Waals surface area contributed by atoms with Crippen molar-refractivity contribution >= 4 is 12.4 Å². The van der Waals surface area contributed by atoms with Crippen molar-refractivity contribution in [1.29, 1.82) is 0 Å². The molecule has 1 rings (SSSR count). The maximum Gasteiger partial charge on any atom is 0.410 e. The van der Waals surface area contributed by atoms with Crippen LogP contribution in [0.3, 0.4) is 0 Å². The monoisotopic (exact) mass is 241 g/mol. The van der Waals surface area contributed by atoms with E-state index in [4.69, 9.17) is 4.74 Å². The second kappa shape index (κ2) is 5.52. The molecule has 0 aromatic carbocycles. The summed E-state index contributed by atoms with van der Waals surface area (Å²) in [5.74, 6) is 0.0960. The third-order valence-corrected chi connectivity index (χ3v) is 3.05. The van der Waals surface area contributed by atoms with Crippen LogP contribution in [0.5, 0.6) is 0 Å². The fourth-order valence-electron chi connectivity index (χ4n) is 2.15. The number of carbonyl (C=O) groups excluding carboxylic acids is 2. The second-order valence-electron chi connectivity index (χ2n) is 5.66. The minimum absolute atomic E-state index is 0.0960. The molecule has 0 bridgehead atoms. The Morgan fingerprint density at radius 2 is 2.12 bits per heavy atom. The minimum Gasteiger partial charge on any atom is -0.444 e. The van der Waals surface area contributed by atoms with Gasteiger partial charge in [0.2, 0.25) is 0 Å². The largest absolute Gasteiger partial charge is 0.444 e. The van der Waals surface area contributed by atoms with Gasteiger partial charge in [-0.2, -0.15) is 0 Å². The van der Waals surface area contributed by atoms with E-state index in [0.29, 0.717) is 6.54 Å². The van der Waals surface area contributed by atoms with E-state index < -0.39 is 5.60 Å². The Balaban J connectivity index is 2.63. The van der Waals surface area contributed by atoms with Crippen molar-refractivity contribution in [2.45, 2.75) is 58.6 Å². The van der Waals surface area contributed by atoms with Crippen LogP contribution >= 0.6 is 0 Å². The molecule has 1 aliphatic heterocycles. The van der Waals surface area contributed by atoms with Gasteiger partial charge in [-0.15, -0.1) is 0 Å². The first-order valence-electron chi connectivity index (χ1n) is 6.32. The predicted octanol–water partition coefficient (Wildman–Crippen LogP) is 2.61. The number of aldehydes is 1. The molecule has 0 aromatic rings. The summed E-state index contributed by atoms with van der Waals surface area (Å²) in [7, 11) is 0. The third kappa shape index (κ3) is 4.02. The zero-order chi connectivity index (χ0) is 13.1. The van der Waals surface area contributed by atoms with Crippen LogP contribution in [0.25, 0.3) is 0 Å². The Kier molecular flexibility index (Phi) is 4.54. The fourth-order valence-corrected chi connectivity index (χ4v) is 2.15. The smallest absolute Gasteiger partial charge is 0.410 e. The van der Waals surface area contributed by atoms with Crippen molar-refractivity contribution in [2.75, 3.05) is 6.54 Å². The maximum atomic E-state index is 12.0. The molecule has 1 heterocycles. The number of amides is 1. The van der Waals surface area contributed by atoms with E-state index in [1.165, 1.54) is 0 Å². The van der Waals surface area contributed by atoms with Crippen LogP contribution in [0, 0.1) is 5.92 Å². The number of carbonyl (C=O) groups is 2. The number of hydrogen-bond acceptors (Lipinski definition) is 3. The highest BCUT2D eigenvalue weighted by Crippen LogP contribution is 2.25. The lowest BCUT2D eigenvalue weighted by Gasteiger charge is -2.38. The van der Waals surface area contributed by atoms with E-state index in [1.54, 1.807) is 4.90 Å². The Morgan fingerprint density at radius 3 is 2.59 bits per heavy atom. The van der Waals surface area contributed by atoms with Crippen LogP contribution in [0.15, 0.2) is 0 Å². The Bertz CT molecular complexity index is 283. The minimum atomic E-state index is -0.461. The van der Waals surface area contributed by atoms with Crippen LogP contribution in [-0.4, -0.2) is 35.5 Å². The molecule has 0 aliphatic carbocycles. The third-order valence-electron chi connectivity index (χ3n) is 3.05. The molecule has 0 saturated carbocycles. The average molecular weight is 241 g/mol. The van der Waals surface area contributed by atoms with E-state index in [1.807, 2.05) is 27.7 Å². The molecule has 4 heteroatoms. The molecular formula is C13H23NO3. The first kappa shape index (κ1) is 14.0. The summed E-state index contributed by atoms with van der Waals surface area (Å²) >= 11 is 0. The molecule has 0 N–H and O–H groups in total. The molecule has 1 amide bonds. The maximum absolute atomic E-state index is 12.0. The molecule has 1 aliphatic rings. The van der Waals surface area contributed by atoms with Crippen LogP contribution in [0.2, 0.25) is 0 Å². The van der Waals surface area contributed by atoms with Gasteiger partial charge in [0.05, 0.1) is 0 Å². The van der Waals surface area contributed by atoms with Gasteiger partial charge in [0.1, 0.15) is 11.9 Å². The summed E-state index contributed by atoms with van der Waals surface area (Å²) in [4.78, 5) is 24.6. The van der Waals surface area contributed by atoms with E-state index in [2.05, 4.69) is 0 Å². The quantitative estimate of drug-likeness (QED) is 0.698. The van der Waals surface area contributed by atoms with Gasteiger partial charge in [-0.05, 0) is 40.0 Å². The van der Waals surface area contributed by atoms with Gasteiger partial charge in [-0.1, -0.05) is 6.92 Å². The summed E-state index contributed by atoms with van der Waals surface area (Å²) in [5, 5.41) is 0. The number of rotatable bonds is 2. The molecule has 0 spiro atoms. The SMILES string of the molecule is CCC1CC(C=O)CCN1C(=O)OC(C)(C)C. The number of hydrogen-bond donors (Lipinski definition) is 0. The van der Waals surface area contributed by atoms with Crippen molar-refractivity contribution in [1.82, 2.24) is 4.90 Å². The summed E-state index contributed by atoms with van der Waals surface area (Å²) in [6.45, 7) is 8.25. The lowest BCUT2D eigenvalue weighted by Crippen LogP contribution is -2.48. The molecule has 0 radical (unpaired) electrons. The van der Waals surface area contributed by atoms with Crippen molar-refractivity contribution in [3.05, 3.63) is 0 Å². The van der Waals surface area contributed by atoms with Gasteiger partial charge in [-0.3, -0.25) is 0 Å². The van der Waals surface area contributed by atoms with E-state index in [-0.39, 0.29) is 18.1 Å². The highest BCUT2D eigenvalue weighted by Gasteiger charge is 2.32. The second-order valence-corrected chi connectivity index (χ2v) is 5.66. The van der Waals surface area contributed by atoms with E-state index >= 15 is 0 Å². The molecule has 1 fully saturated rings. The summed E-state index contributed by atoms with van der Waals surface area (Å²) in [6.07, 6.45) is 3.13. The summed E-state index contributed by atoms with van der Waals surface area (Å²) in [6, 6.07) is 0.133. The molecule has 1 saturated heterocycles. The van der Waals surface area contributed by atoms with Crippen molar-refractivity contribution in [2.24, 2.45) is 5.92 Å². The van der Waals surface area contributed by atoms with E-state index in [9.17, 15) is 9.59 Å². The van der Waals surface area contributed by atoms with Crippen molar-refractivity contribution in [3.8, 4) is 0 Å². The van der Waals surface area contributed by atoms with Gasteiger partial charge in [0.25, 0.3) is 0 Å². The van der Waals surface area contributed by atoms with Crippen LogP contribution in [-0.2, 0) is 9.53 Å². The number of nitrogens with zero attached hydrogens (tertiary/aromatic N) is 1. The van der Waals surface area contributed by atoms with Gasteiger partial charge < -0.3 is 14.4 Å². The van der Waals surface area contributed by atoms with Gasteiger partial charge in [0.15, 0.2) is 0 Å². The first-order chi connectivity index (χ1) is 7.87. The van der Waals surface area contributed by atoms with Crippen LogP contribution in [0.4, 0.5) is 4.79 Å². The van der Waals surface area contributed by atoms with E-state index in [0.717, 1.165) is 25.5 Å². The first-order valence-corrected chi connectivity index (χ1v) is 6.32. The molecule has 98 valence electrons. The highest BCUT2D eigenvalue weighted by molar-refractivity contribution is 5.69. The number of ether oxygens (including phenoxy) is 1. The topological polar surface area (TPSA) is 46.6 Å². The summed E-state index contributed by atoms with van der Waals surface area (Å²) in [5.41, 5.74) is -0.461. The standard InChI is InChI=1S/C13H23NO3/c1-5-11-8-10(9-15)6-7-14(11)12(16)17-13(2,3)4/h9-11H,5-8H2,1-4H3. The predicted molar refractivity (Wildman–Crippen MR) is 65.8 cm³/mol. The number of likely N-dealkylation sites (tertiary alicyclic amines) is 1. The Labute approximate surface area is 103 Å². The molecule has 17 heavy (non-hydrogen) atoms. The Morgan fingerprint density at radius 1 is 1.47 bits per heavy atom. The lowest BCUT2D eigenvalue weighted by molar-refractivity contribution is -0.113. The molecule has 2 atom stereocenters. The zero-order valence-electron chi connectivity index (χ0n) is 11.2. The fraction of sp³-hybridized carbons (Fsp3) is 0.846. The van der Waals surface area contributed by atoms with Gasteiger partial charge in [0, 0.05) is 18.5 Å². The molecule has 4 nitrogen and oxygen atoms in total.